The second-order valence-electron chi connectivity index (χ2n) is 10.3. The molecule has 3 heteroatoms. The molecule has 0 aromatic heterocycles. The van der Waals surface area contributed by atoms with Crippen LogP contribution in [0.15, 0.2) is 60.0 Å². The van der Waals surface area contributed by atoms with Crippen LogP contribution in [-0.4, -0.2) is 10.2 Å². The molecule has 0 saturated carbocycles. The molecule has 0 aliphatic heterocycles. The largest absolute Gasteiger partial charge is 0.512 e. The van der Waals surface area contributed by atoms with Crippen LogP contribution in [0.3, 0.4) is 0 Å². The molecule has 204 valence electrons. The van der Waals surface area contributed by atoms with Gasteiger partial charge in [0.2, 0.25) is 0 Å². The van der Waals surface area contributed by atoms with Gasteiger partial charge in [-0.3, -0.25) is 0 Å². The summed E-state index contributed by atoms with van der Waals surface area (Å²) in [6.07, 6.45) is 16.7. The Labute approximate surface area is 226 Å². The second kappa shape index (κ2) is 17.7. The van der Waals surface area contributed by atoms with E-state index in [1.165, 1.54) is 64.2 Å². The molecular weight excluding hydrogens is 456 g/mol. The molecule has 37 heavy (non-hydrogen) atoms. The van der Waals surface area contributed by atoms with Crippen molar-refractivity contribution >= 4 is 11.1 Å². The summed E-state index contributed by atoms with van der Waals surface area (Å²) in [5.74, 6) is 2.35. The van der Waals surface area contributed by atoms with Gasteiger partial charge in [0.1, 0.15) is 11.5 Å². The van der Waals surface area contributed by atoms with Crippen LogP contribution < -0.4 is 4.74 Å². The maximum atomic E-state index is 10.2. The smallest absolute Gasteiger partial charge is 0.127 e. The van der Waals surface area contributed by atoms with Crippen molar-refractivity contribution in [3.05, 3.63) is 71.2 Å². The lowest BCUT2D eigenvalue weighted by Crippen LogP contribution is -1.93. The van der Waals surface area contributed by atoms with Crippen LogP contribution in [0.5, 0.6) is 11.5 Å². The zero-order chi connectivity index (χ0) is 26.9. The lowest BCUT2D eigenvalue weighted by molar-refractivity contribution is 0.414. The molecule has 0 amide bonds. The lowest BCUT2D eigenvalue weighted by Gasteiger charge is -2.12. The van der Waals surface area contributed by atoms with Crippen molar-refractivity contribution in [3.63, 3.8) is 0 Å². The Balaban J connectivity index is 1.92. The van der Waals surface area contributed by atoms with Gasteiger partial charge in [-0.05, 0) is 86.1 Å². The second-order valence-corrected chi connectivity index (χ2v) is 10.3. The SMILES string of the molecule is CCCCCCCC/C(=C(\C)O)c1ccc(Oc2ccc(/C(CCCCCCCC)=C(/C)O)cc2)cc1. The van der Waals surface area contributed by atoms with Gasteiger partial charge in [0.05, 0.1) is 11.5 Å². The van der Waals surface area contributed by atoms with Gasteiger partial charge in [-0.1, -0.05) is 102 Å². The molecule has 0 atom stereocenters. The first kappa shape index (κ1) is 30.5. The third-order valence-electron chi connectivity index (χ3n) is 7.08. The fourth-order valence-corrected chi connectivity index (χ4v) is 4.82. The van der Waals surface area contributed by atoms with Crippen LogP contribution >= 0.6 is 0 Å². The molecule has 0 spiro atoms. The summed E-state index contributed by atoms with van der Waals surface area (Å²) in [7, 11) is 0. The molecule has 3 nitrogen and oxygen atoms in total. The number of ether oxygens (including phenoxy) is 1. The van der Waals surface area contributed by atoms with Crippen molar-refractivity contribution in [3.8, 4) is 11.5 Å². The molecule has 0 aliphatic carbocycles. The van der Waals surface area contributed by atoms with Gasteiger partial charge in [-0.2, -0.15) is 0 Å². The molecule has 0 bridgehead atoms. The molecular formula is C34H50O3. The van der Waals surface area contributed by atoms with E-state index >= 15 is 0 Å². The zero-order valence-corrected chi connectivity index (χ0v) is 23.8. The number of rotatable bonds is 18. The van der Waals surface area contributed by atoms with E-state index in [0.29, 0.717) is 11.5 Å². The van der Waals surface area contributed by atoms with Crippen LogP contribution in [0.1, 0.15) is 129 Å². The first-order valence-corrected chi connectivity index (χ1v) is 14.6. The third kappa shape index (κ3) is 11.5. The number of allylic oxidation sites excluding steroid dienone is 4. The minimum atomic E-state index is 0.404. The Morgan fingerprint density at radius 1 is 0.514 bits per heavy atom. The third-order valence-corrected chi connectivity index (χ3v) is 7.08. The quantitative estimate of drug-likeness (QED) is 0.156. The predicted octanol–water partition coefficient (Wildman–Crippen LogP) is 11.6. The minimum absolute atomic E-state index is 0.404. The summed E-state index contributed by atoms with van der Waals surface area (Å²) in [6.45, 7) is 8.03. The average Bonchev–Trinajstić information content (AvgIpc) is 2.89. The fourth-order valence-electron chi connectivity index (χ4n) is 4.82. The van der Waals surface area contributed by atoms with Crippen LogP contribution in [0.25, 0.3) is 11.1 Å². The summed E-state index contributed by atoms with van der Waals surface area (Å²) in [5.41, 5.74) is 4.16. The van der Waals surface area contributed by atoms with E-state index in [0.717, 1.165) is 59.5 Å². The van der Waals surface area contributed by atoms with Crippen molar-refractivity contribution in [2.45, 2.75) is 118 Å². The molecule has 0 unspecified atom stereocenters. The number of unbranched alkanes of at least 4 members (excludes halogenated alkanes) is 10. The van der Waals surface area contributed by atoms with Gasteiger partial charge in [0, 0.05) is 0 Å². The summed E-state index contributed by atoms with van der Waals surface area (Å²) in [6, 6.07) is 16.0. The standard InChI is InChI=1S/C34H50O3/c1-5-7-9-11-13-15-17-33(27(3)35)29-19-23-31(24-20-29)37-32-25-21-30(22-26-32)34(28(4)36)18-16-14-12-10-8-6-2/h19-26,35-36H,5-18H2,1-4H3/b33-27-,34-28-. The van der Waals surface area contributed by atoms with Gasteiger partial charge in [0.25, 0.3) is 0 Å². The van der Waals surface area contributed by atoms with Crippen LogP contribution in [0.4, 0.5) is 0 Å². The number of aliphatic hydroxyl groups excluding tert-OH is 2. The van der Waals surface area contributed by atoms with Crippen LogP contribution in [0.2, 0.25) is 0 Å². The Morgan fingerprint density at radius 2 is 0.838 bits per heavy atom. The maximum absolute atomic E-state index is 10.2. The van der Waals surface area contributed by atoms with E-state index < -0.39 is 0 Å². The lowest BCUT2D eigenvalue weighted by atomic mass is 9.97. The highest BCUT2D eigenvalue weighted by molar-refractivity contribution is 5.68. The van der Waals surface area contributed by atoms with Gasteiger partial charge >= 0.3 is 0 Å². The van der Waals surface area contributed by atoms with Crippen molar-refractivity contribution in [2.75, 3.05) is 0 Å². The van der Waals surface area contributed by atoms with Crippen molar-refractivity contribution < 1.29 is 14.9 Å². The number of hydrogen-bond acceptors (Lipinski definition) is 3. The van der Waals surface area contributed by atoms with Gasteiger partial charge in [-0.25, -0.2) is 0 Å². The Morgan fingerprint density at radius 3 is 1.16 bits per heavy atom. The van der Waals surface area contributed by atoms with Gasteiger partial charge in [0.15, 0.2) is 0 Å². The van der Waals surface area contributed by atoms with Crippen molar-refractivity contribution in [1.82, 2.24) is 0 Å². The molecule has 0 aliphatic rings. The minimum Gasteiger partial charge on any atom is -0.512 e. The highest BCUT2D eigenvalue weighted by Crippen LogP contribution is 2.30. The highest BCUT2D eigenvalue weighted by atomic mass is 16.5. The van der Waals surface area contributed by atoms with E-state index in [4.69, 9.17) is 4.74 Å². The van der Waals surface area contributed by atoms with Crippen LogP contribution in [-0.2, 0) is 0 Å². The fraction of sp³-hybridized carbons (Fsp3) is 0.529. The zero-order valence-electron chi connectivity index (χ0n) is 23.8. The van der Waals surface area contributed by atoms with E-state index in [2.05, 4.69) is 13.8 Å². The summed E-state index contributed by atoms with van der Waals surface area (Å²) in [4.78, 5) is 0. The molecule has 0 fully saturated rings. The topological polar surface area (TPSA) is 49.7 Å². The number of aliphatic hydroxyl groups is 2. The Kier molecular flexibility index (Phi) is 14.6. The number of hydrogen-bond donors (Lipinski definition) is 2. The normalized spacial score (nSPS) is 12.8. The van der Waals surface area contributed by atoms with Gasteiger partial charge in [-0.15, -0.1) is 0 Å². The van der Waals surface area contributed by atoms with E-state index in [9.17, 15) is 10.2 Å². The van der Waals surface area contributed by atoms with Crippen molar-refractivity contribution in [1.29, 1.82) is 0 Å². The predicted molar refractivity (Wildman–Crippen MR) is 159 cm³/mol. The summed E-state index contributed by atoms with van der Waals surface area (Å²) < 4.78 is 6.08. The maximum Gasteiger partial charge on any atom is 0.127 e. The molecule has 2 aromatic rings. The van der Waals surface area contributed by atoms with E-state index in [1.807, 2.05) is 48.5 Å². The molecule has 2 N–H and O–H groups in total. The first-order valence-electron chi connectivity index (χ1n) is 14.6. The summed E-state index contributed by atoms with van der Waals surface area (Å²) >= 11 is 0. The number of benzene rings is 2. The van der Waals surface area contributed by atoms with Crippen LogP contribution in [0, 0.1) is 0 Å². The van der Waals surface area contributed by atoms with Gasteiger partial charge < -0.3 is 14.9 Å². The molecule has 0 saturated heterocycles. The molecule has 0 radical (unpaired) electrons. The molecule has 0 heterocycles. The summed E-state index contributed by atoms with van der Waals surface area (Å²) in [5, 5.41) is 20.5. The van der Waals surface area contributed by atoms with E-state index in [1.54, 1.807) is 13.8 Å². The first-order chi connectivity index (χ1) is 18.0. The van der Waals surface area contributed by atoms with E-state index in [-0.39, 0.29) is 0 Å². The average molecular weight is 507 g/mol. The van der Waals surface area contributed by atoms with Crippen molar-refractivity contribution in [2.24, 2.45) is 0 Å². The molecule has 2 rings (SSSR count). The highest BCUT2D eigenvalue weighted by Gasteiger charge is 2.09. The Bertz CT molecular complexity index is 864. The molecule has 2 aromatic carbocycles. The Hall–Kier alpha value is -2.68. The monoisotopic (exact) mass is 506 g/mol.